The number of hydrogen-bond donors (Lipinski definition) is 1. The number of nitrogens with two attached hydrogens (primary N) is 1. The van der Waals surface area contributed by atoms with E-state index < -0.39 is 0 Å². The Morgan fingerprint density at radius 2 is 2.31 bits per heavy atom. The van der Waals surface area contributed by atoms with E-state index in [4.69, 9.17) is 5.73 Å². The van der Waals surface area contributed by atoms with Gasteiger partial charge in [0.05, 0.1) is 10.2 Å². The summed E-state index contributed by atoms with van der Waals surface area (Å²) >= 11 is 3.40. The number of nitrogens with zero attached hydrogens (tertiary/aromatic N) is 2. The van der Waals surface area contributed by atoms with Crippen molar-refractivity contribution < 1.29 is 0 Å². The number of aromatic nitrogens is 2. The van der Waals surface area contributed by atoms with Gasteiger partial charge in [-0.25, -0.2) is 9.97 Å². The Balaban J connectivity index is 2.36. The molecule has 0 saturated heterocycles. The average Bonchev–Trinajstić information content (AvgIpc) is 2.87. The van der Waals surface area contributed by atoms with E-state index in [0.29, 0.717) is 5.92 Å². The Kier molecular flexibility index (Phi) is 2.34. The van der Waals surface area contributed by atoms with Gasteiger partial charge in [0.25, 0.3) is 0 Å². The summed E-state index contributed by atoms with van der Waals surface area (Å²) in [5.41, 5.74) is 6.70. The van der Waals surface area contributed by atoms with Crippen LogP contribution in [0.3, 0.4) is 0 Å². The molecule has 1 saturated carbocycles. The van der Waals surface area contributed by atoms with E-state index in [-0.39, 0.29) is 6.04 Å². The molecule has 0 radical (unpaired) electrons. The van der Waals surface area contributed by atoms with E-state index in [2.05, 4.69) is 25.9 Å². The molecule has 4 heteroatoms. The third kappa shape index (κ3) is 1.89. The predicted octanol–water partition coefficient (Wildman–Crippen LogP) is 2.14. The molecule has 1 aromatic rings. The lowest BCUT2D eigenvalue weighted by Gasteiger charge is -2.08. The van der Waals surface area contributed by atoms with E-state index in [0.717, 1.165) is 16.0 Å². The molecule has 1 aliphatic carbocycles. The molecule has 2 rings (SSSR count). The van der Waals surface area contributed by atoms with Crippen LogP contribution in [0.4, 0.5) is 0 Å². The van der Waals surface area contributed by atoms with Gasteiger partial charge in [0, 0.05) is 18.2 Å². The van der Waals surface area contributed by atoms with Crippen LogP contribution < -0.4 is 5.73 Å². The second-order valence-electron chi connectivity index (χ2n) is 3.52. The third-order valence-electron chi connectivity index (χ3n) is 2.16. The van der Waals surface area contributed by atoms with Gasteiger partial charge in [0.2, 0.25) is 0 Å². The second-order valence-corrected chi connectivity index (χ2v) is 4.38. The highest BCUT2D eigenvalue weighted by molar-refractivity contribution is 9.10. The van der Waals surface area contributed by atoms with Crippen LogP contribution in [0.5, 0.6) is 0 Å². The van der Waals surface area contributed by atoms with Crippen molar-refractivity contribution in [1.82, 2.24) is 9.97 Å². The van der Waals surface area contributed by atoms with Crippen LogP contribution in [0.15, 0.2) is 10.7 Å². The summed E-state index contributed by atoms with van der Waals surface area (Å²) < 4.78 is 0.909. The molecular weight excluding hydrogens is 230 g/mol. The SMILES string of the molecule is CC(N)c1nc(C2CC2)ncc1Br. The molecule has 2 N–H and O–H groups in total. The van der Waals surface area contributed by atoms with Gasteiger partial charge in [-0.3, -0.25) is 0 Å². The first-order chi connectivity index (χ1) is 6.18. The zero-order chi connectivity index (χ0) is 9.42. The molecule has 1 fully saturated rings. The van der Waals surface area contributed by atoms with Crippen molar-refractivity contribution >= 4 is 15.9 Å². The third-order valence-corrected chi connectivity index (χ3v) is 2.77. The van der Waals surface area contributed by atoms with Crippen LogP contribution in [0, 0.1) is 0 Å². The Morgan fingerprint density at radius 1 is 1.62 bits per heavy atom. The van der Waals surface area contributed by atoms with Gasteiger partial charge in [-0.1, -0.05) is 0 Å². The number of halogens is 1. The normalized spacial score (nSPS) is 18.7. The summed E-state index contributed by atoms with van der Waals surface area (Å²) in [6, 6.07) is -0.0325. The highest BCUT2D eigenvalue weighted by Gasteiger charge is 2.27. The average molecular weight is 242 g/mol. The molecule has 0 aliphatic heterocycles. The second kappa shape index (κ2) is 3.35. The monoisotopic (exact) mass is 241 g/mol. The molecule has 1 aliphatic rings. The lowest BCUT2D eigenvalue weighted by Crippen LogP contribution is -2.10. The van der Waals surface area contributed by atoms with Crippen molar-refractivity contribution in [2.24, 2.45) is 5.73 Å². The molecule has 0 bridgehead atoms. The number of rotatable bonds is 2. The first kappa shape index (κ1) is 9.09. The zero-order valence-corrected chi connectivity index (χ0v) is 9.08. The van der Waals surface area contributed by atoms with Gasteiger partial charge >= 0.3 is 0 Å². The minimum atomic E-state index is -0.0325. The first-order valence-electron chi connectivity index (χ1n) is 4.46. The molecule has 0 spiro atoms. The first-order valence-corrected chi connectivity index (χ1v) is 5.25. The predicted molar refractivity (Wildman–Crippen MR) is 54.3 cm³/mol. The maximum atomic E-state index is 5.78. The topological polar surface area (TPSA) is 51.8 Å². The summed E-state index contributed by atoms with van der Waals surface area (Å²) in [4.78, 5) is 8.72. The fourth-order valence-electron chi connectivity index (χ4n) is 1.25. The smallest absolute Gasteiger partial charge is 0.131 e. The zero-order valence-electron chi connectivity index (χ0n) is 7.50. The summed E-state index contributed by atoms with van der Waals surface area (Å²) in [6.07, 6.45) is 4.25. The van der Waals surface area contributed by atoms with E-state index in [9.17, 15) is 0 Å². The molecule has 1 unspecified atom stereocenters. The Hall–Kier alpha value is -0.480. The molecule has 3 nitrogen and oxygen atoms in total. The fraction of sp³-hybridized carbons (Fsp3) is 0.556. The molecule has 0 amide bonds. The van der Waals surface area contributed by atoms with Crippen molar-refractivity contribution in [2.75, 3.05) is 0 Å². The minimum absolute atomic E-state index is 0.0325. The summed E-state index contributed by atoms with van der Waals surface area (Å²) in [6.45, 7) is 1.93. The summed E-state index contributed by atoms with van der Waals surface area (Å²) in [5.74, 6) is 1.54. The van der Waals surface area contributed by atoms with Crippen LogP contribution in [-0.2, 0) is 0 Å². The highest BCUT2D eigenvalue weighted by atomic mass is 79.9. The van der Waals surface area contributed by atoms with Gasteiger partial charge < -0.3 is 5.73 Å². The Bertz CT molecular complexity index is 321. The standard InChI is InChI=1S/C9H12BrN3/c1-5(11)8-7(10)4-12-9(13-8)6-2-3-6/h4-6H,2-3,11H2,1H3. The van der Waals surface area contributed by atoms with E-state index in [1.807, 2.05) is 6.92 Å². The molecule has 1 heterocycles. The van der Waals surface area contributed by atoms with Crippen LogP contribution in [-0.4, -0.2) is 9.97 Å². The van der Waals surface area contributed by atoms with Crippen LogP contribution in [0.2, 0.25) is 0 Å². The van der Waals surface area contributed by atoms with Crippen LogP contribution >= 0.6 is 15.9 Å². The molecule has 1 atom stereocenters. The van der Waals surface area contributed by atoms with Crippen molar-refractivity contribution in [3.05, 3.63) is 22.2 Å². The van der Waals surface area contributed by atoms with E-state index in [1.54, 1.807) is 6.20 Å². The number of hydrogen-bond acceptors (Lipinski definition) is 3. The lowest BCUT2D eigenvalue weighted by molar-refractivity contribution is 0.746. The molecule has 13 heavy (non-hydrogen) atoms. The Labute approximate surface area is 85.9 Å². The fourth-order valence-corrected chi connectivity index (χ4v) is 1.80. The summed E-state index contributed by atoms with van der Waals surface area (Å²) in [7, 11) is 0. The maximum absolute atomic E-state index is 5.78. The van der Waals surface area contributed by atoms with E-state index in [1.165, 1.54) is 12.8 Å². The van der Waals surface area contributed by atoms with Crippen molar-refractivity contribution in [1.29, 1.82) is 0 Å². The molecule has 0 aromatic carbocycles. The molecular formula is C9H12BrN3. The van der Waals surface area contributed by atoms with Crippen LogP contribution in [0.25, 0.3) is 0 Å². The highest BCUT2D eigenvalue weighted by Crippen LogP contribution is 2.38. The van der Waals surface area contributed by atoms with Crippen molar-refractivity contribution in [3.8, 4) is 0 Å². The maximum Gasteiger partial charge on any atom is 0.131 e. The van der Waals surface area contributed by atoms with Gasteiger partial charge in [0.15, 0.2) is 0 Å². The lowest BCUT2D eigenvalue weighted by atomic mass is 10.2. The minimum Gasteiger partial charge on any atom is -0.323 e. The molecule has 1 aromatic heterocycles. The van der Waals surface area contributed by atoms with Gasteiger partial charge in [0.1, 0.15) is 5.82 Å². The Morgan fingerprint density at radius 3 is 2.85 bits per heavy atom. The van der Waals surface area contributed by atoms with Crippen molar-refractivity contribution in [2.45, 2.75) is 31.7 Å². The van der Waals surface area contributed by atoms with Crippen LogP contribution in [0.1, 0.15) is 43.2 Å². The van der Waals surface area contributed by atoms with Gasteiger partial charge in [-0.05, 0) is 35.7 Å². The summed E-state index contributed by atoms with van der Waals surface area (Å²) in [5, 5.41) is 0. The largest absolute Gasteiger partial charge is 0.323 e. The van der Waals surface area contributed by atoms with Crippen molar-refractivity contribution in [3.63, 3.8) is 0 Å². The van der Waals surface area contributed by atoms with Gasteiger partial charge in [-0.2, -0.15) is 0 Å². The molecule has 70 valence electrons. The van der Waals surface area contributed by atoms with Gasteiger partial charge in [-0.15, -0.1) is 0 Å². The quantitative estimate of drug-likeness (QED) is 0.864. The van der Waals surface area contributed by atoms with E-state index >= 15 is 0 Å².